The van der Waals surface area contributed by atoms with Gasteiger partial charge < -0.3 is 15.1 Å². The lowest BCUT2D eigenvalue weighted by Gasteiger charge is -2.32. The van der Waals surface area contributed by atoms with Crippen LogP contribution in [0, 0.1) is 5.92 Å². The van der Waals surface area contributed by atoms with Crippen LogP contribution in [0.4, 0.5) is 14.5 Å². The number of rotatable bonds is 6. The number of aromatic nitrogens is 2. The van der Waals surface area contributed by atoms with Crippen LogP contribution in [0.15, 0.2) is 54.7 Å². The monoisotopic (exact) mass is 535 g/mol. The minimum atomic E-state index is -3.55. The molecule has 3 fully saturated rings. The number of carbonyl (C=O) groups excluding carboxylic acids is 3. The number of nitrogens with one attached hydrogen (secondary N) is 1. The van der Waals surface area contributed by atoms with Crippen LogP contribution in [0.3, 0.4) is 0 Å². The summed E-state index contributed by atoms with van der Waals surface area (Å²) in [6, 6.07) is 13.5. The summed E-state index contributed by atoms with van der Waals surface area (Å²) in [6.07, 6.45) is 5.37. The molecular weight excluding hydrogens is 504 g/mol. The maximum absolute atomic E-state index is 13.7. The Kier molecular flexibility index (Phi) is 6.35. The Morgan fingerprint density at radius 1 is 1.03 bits per heavy atom. The summed E-state index contributed by atoms with van der Waals surface area (Å²) in [5, 5.41) is 7.92. The van der Waals surface area contributed by atoms with Gasteiger partial charge in [0, 0.05) is 43.4 Å². The number of fused-ring (bicyclic) bond motifs is 1. The zero-order valence-corrected chi connectivity index (χ0v) is 21.7. The second-order valence-corrected chi connectivity index (χ2v) is 11.0. The molecule has 2 aliphatic heterocycles. The molecule has 1 aliphatic carbocycles. The van der Waals surface area contributed by atoms with Gasteiger partial charge in [-0.3, -0.25) is 19.1 Å². The first kappa shape index (κ1) is 25.5. The number of amides is 3. The summed E-state index contributed by atoms with van der Waals surface area (Å²) in [7, 11) is 0. The summed E-state index contributed by atoms with van der Waals surface area (Å²) in [5.41, 5.74) is 2.30. The average molecular weight is 536 g/mol. The van der Waals surface area contributed by atoms with Crippen molar-refractivity contribution in [3.05, 3.63) is 60.3 Å². The number of nitrogens with zero attached hydrogens (tertiary/aromatic N) is 4. The fraction of sp³-hybridized carbons (Fsp3) is 0.448. The molecule has 3 amide bonds. The molecule has 0 bridgehead atoms. The van der Waals surface area contributed by atoms with Crippen molar-refractivity contribution in [3.63, 3.8) is 0 Å². The third kappa shape index (κ3) is 4.88. The zero-order chi connectivity index (χ0) is 27.3. The molecule has 0 unspecified atom stereocenters. The molecule has 3 aromatic rings. The molecule has 204 valence electrons. The van der Waals surface area contributed by atoms with Crippen molar-refractivity contribution in [3.8, 4) is 0 Å². The fourth-order valence-electron chi connectivity index (χ4n) is 5.90. The lowest BCUT2D eigenvalue weighted by atomic mass is 9.99. The van der Waals surface area contributed by atoms with Crippen molar-refractivity contribution in [2.24, 2.45) is 5.92 Å². The standard InChI is InChI=1S/C29H31F2N5O3/c1-29(30,31)28(39)33-23-16-25(37)35(26(23)18-5-3-2-4-6-18)22-9-10-24-20(15-22)17-32-36(24)21-11-13-34(14-12-21)27(38)19-7-8-19/h2-6,9-10,15,17,19,21,23,26H,7-8,11-14,16H2,1H3,(H,33,39)/t23-,26+/m1/s1. The molecule has 3 aliphatic rings. The minimum absolute atomic E-state index is 0.0865. The first-order valence-electron chi connectivity index (χ1n) is 13.5. The summed E-state index contributed by atoms with van der Waals surface area (Å²) in [5.74, 6) is -4.70. The van der Waals surface area contributed by atoms with E-state index >= 15 is 0 Å². The molecule has 2 atom stereocenters. The number of likely N-dealkylation sites (tertiary alicyclic amines) is 1. The number of anilines is 1. The highest BCUT2D eigenvalue weighted by molar-refractivity contribution is 6.00. The van der Waals surface area contributed by atoms with Crippen LogP contribution in [-0.4, -0.2) is 57.5 Å². The minimum Gasteiger partial charge on any atom is -0.345 e. The van der Waals surface area contributed by atoms with Gasteiger partial charge in [-0.15, -0.1) is 0 Å². The molecule has 3 heterocycles. The Morgan fingerprint density at radius 2 is 1.74 bits per heavy atom. The Hall–Kier alpha value is -3.82. The van der Waals surface area contributed by atoms with Crippen LogP contribution in [0.2, 0.25) is 0 Å². The van der Waals surface area contributed by atoms with Crippen molar-refractivity contribution in [2.75, 3.05) is 18.0 Å². The van der Waals surface area contributed by atoms with Crippen molar-refractivity contribution in [1.29, 1.82) is 0 Å². The smallest absolute Gasteiger partial charge is 0.321 e. The molecule has 0 spiro atoms. The van der Waals surface area contributed by atoms with E-state index in [0.29, 0.717) is 12.6 Å². The quantitative estimate of drug-likeness (QED) is 0.512. The number of alkyl halides is 2. The normalized spacial score (nSPS) is 22.5. The summed E-state index contributed by atoms with van der Waals surface area (Å²) in [4.78, 5) is 41.4. The van der Waals surface area contributed by atoms with E-state index in [1.807, 2.05) is 58.1 Å². The first-order valence-corrected chi connectivity index (χ1v) is 13.5. The molecule has 1 aromatic heterocycles. The summed E-state index contributed by atoms with van der Waals surface area (Å²) < 4.78 is 29.4. The van der Waals surface area contributed by atoms with Crippen molar-refractivity contribution < 1.29 is 23.2 Å². The number of benzene rings is 2. The summed E-state index contributed by atoms with van der Waals surface area (Å²) in [6.45, 7) is 2.00. The number of piperidine rings is 1. The molecule has 1 saturated carbocycles. The zero-order valence-electron chi connectivity index (χ0n) is 21.7. The van der Waals surface area contributed by atoms with Gasteiger partial charge in [-0.1, -0.05) is 30.3 Å². The van der Waals surface area contributed by atoms with Gasteiger partial charge in [0.05, 0.1) is 29.8 Å². The van der Waals surface area contributed by atoms with Gasteiger partial charge in [0.1, 0.15) is 0 Å². The molecule has 2 saturated heterocycles. The van der Waals surface area contributed by atoms with Gasteiger partial charge in [0.25, 0.3) is 5.91 Å². The van der Waals surface area contributed by atoms with E-state index < -0.39 is 23.9 Å². The molecule has 8 nitrogen and oxygen atoms in total. The molecule has 1 N–H and O–H groups in total. The topological polar surface area (TPSA) is 87.5 Å². The third-order valence-corrected chi connectivity index (χ3v) is 8.08. The van der Waals surface area contributed by atoms with Gasteiger partial charge in [0.15, 0.2) is 0 Å². The van der Waals surface area contributed by atoms with Gasteiger partial charge >= 0.3 is 5.92 Å². The number of hydrogen-bond acceptors (Lipinski definition) is 4. The lowest BCUT2D eigenvalue weighted by Crippen LogP contribution is -2.46. The van der Waals surface area contributed by atoms with Crippen LogP contribution < -0.4 is 10.2 Å². The van der Waals surface area contributed by atoms with E-state index in [2.05, 4.69) is 10.4 Å². The van der Waals surface area contributed by atoms with Crippen LogP contribution in [0.25, 0.3) is 10.9 Å². The predicted molar refractivity (Wildman–Crippen MR) is 141 cm³/mol. The van der Waals surface area contributed by atoms with Crippen LogP contribution in [0.1, 0.15) is 56.7 Å². The maximum Gasteiger partial charge on any atom is 0.321 e. The molecule has 6 rings (SSSR count). The largest absolute Gasteiger partial charge is 0.345 e. The van der Waals surface area contributed by atoms with E-state index in [1.54, 1.807) is 11.1 Å². The predicted octanol–water partition coefficient (Wildman–Crippen LogP) is 4.23. The highest BCUT2D eigenvalue weighted by Gasteiger charge is 2.45. The maximum atomic E-state index is 13.7. The molecule has 2 aromatic carbocycles. The second kappa shape index (κ2) is 9.73. The van der Waals surface area contributed by atoms with E-state index in [1.165, 1.54) is 0 Å². The van der Waals surface area contributed by atoms with Crippen molar-refractivity contribution >= 4 is 34.3 Å². The number of halogens is 2. The first-order chi connectivity index (χ1) is 18.7. The highest BCUT2D eigenvalue weighted by Crippen LogP contribution is 2.39. The average Bonchev–Trinajstić information content (AvgIpc) is 3.61. The molecule has 39 heavy (non-hydrogen) atoms. The van der Waals surface area contributed by atoms with E-state index in [-0.39, 0.29) is 30.2 Å². The lowest BCUT2D eigenvalue weighted by molar-refractivity contribution is -0.143. The fourth-order valence-corrected chi connectivity index (χ4v) is 5.90. The highest BCUT2D eigenvalue weighted by atomic mass is 19.3. The Balaban J connectivity index is 1.26. The Bertz CT molecular complexity index is 1410. The van der Waals surface area contributed by atoms with Crippen molar-refractivity contribution in [1.82, 2.24) is 20.0 Å². The summed E-state index contributed by atoms with van der Waals surface area (Å²) >= 11 is 0. The molecule has 0 radical (unpaired) electrons. The van der Waals surface area contributed by atoms with Gasteiger partial charge in [0.2, 0.25) is 11.8 Å². The molecule has 10 heteroatoms. The third-order valence-electron chi connectivity index (χ3n) is 8.08. The number of hydrogen-bond donors (Lipinski definition) is 1. The van der Waals surface area contributed by atoms with Gasteiger partial charge in [-0.05, 0) is 49.4 Å². The molecular formula is C29H31F2N5O3. The van der Waals surface area contributed by atoms with Crippen LogP contribution >= 0.6 is 0 Å². The van der Waals surface area contributed by atoms with E-state index in [0.717, 1.165) is 55.2 Å². The number of carbonyl (C=O) groups is 3. The SMILES string of the molecule is CC(F)(F)C(=O)N[C@@H]1CC(=O)N(c2ccc3c(cnn3C3CCN(C(=O)C4CC4)CC3)c2)[C@H]1c1ccccc1. The van der Waals surface area contributed by atoms with Gasteiger partial charge in [-0.25, -0.2) is 0 Å². The van der Waals surface area contributed by atoms with Gasteiger partial charge in [-0.2, -0.15) is 13.9 Å². The van der Waals surface area contributed by atoms with Crippen LogP contribution in [-0.2, 0) is 14.4 Å². The van der Waals surface area contributed by atoms with E-state index in [9.17, 15) is 23.2 Å². The second-order valence-electron chi connectivity index (χ2n) is 11.0. The van der Waals surface area contributed by atoms with Crippen LogP contribution in [0.5, 0.6) is 0 Å². The van der Waals surface area contributed by atoms with E-state index in [4.69, 9.17) is 0 Å². The Morgan fingerprint density at radius 3 is 2.41 bits per heavy atom. The Labute approximate surface area is 224 Å². The van der Waals surface area contributed by atoms with Crippen molar-refractivity contribution in [2.45, 2.75) is 63.1 Å².